The molecule has 33 heavy (non-hydrogen) atoms. The van der Waals surface area contributed by atoms with Crippen molar-refractivity contribution in [1.29, 1.82) is 5.26 Å². The lowest BCUT2D eigenvalue weighted by Gasteiger charge is -2.20. The van der Waals surface area contributed by atoms with Gasteiger partial charge in [0.15, 0.2) is 28.6 Å². The number of rotatable bonds is 4. The highest BCUT2D eigenvalue weighted by Crippen LogP contribution is 2.70. The second-order valence-electron chi connectivity index (χ2n) is 7.35. The van der Waals surface area contributed by atoms with Gasteiger partial charge in [-0.2, -0.15) is 36.7 Å². The maximum Gasteiger partial charge on any atom is 0.416 e. The van der Waals surface area contributed by atoms with Gasteiger partial charge in [-0.3, -0.25) is 0 Å². The van der Waals surface area contributed by atoms with E-state index in [1.54, 1.807) is 0 Å². The van der Waals surface area contributed by atoms with E-state index in [4.69, 9.17) is 0 Å². The molecule has 1 aromatic heterocycles. The van der Waals surface area contributed by atoms with Crippen LogP contribution in [0.5, 0.6) is 0 Å². The zero-order valence-electron chi connectivity index (χ0n) is 16.5. The van der Waals surface area contributed by atoms with E-state index in [9.17, 15) is 49.2 Å². The molecular weight excluding hydrogens is 476 g/mol. The Hall–Kier alpha value is -3.31. The van der Waals surface area contributed by atoms with Crippen LogP contribution in [0.2, 0.25) is 0 Å². The fourth-order valence-electron chi connectivity index (χ4n) is 3.27. The molecule has 0 amide bonds. The molecule has 1 aliphatic carbocycles. The second kappa shape index (κ2) is 7.35. The minimum absolute atomic E-state index is 0.0272. The molecule has 1 heterocycles. The van der Waals surface area contributed by atoms with E-state index in [-0.39, 0.29) is 16.8 Å². The van der Waals surface area contributed by atoms with Gasteiger partial charge in [0.05, 0.1) is 17.5 Å². The van der Waals surface area contributed by atoms with Gasteiger partial charge in [-0.1, -0.05) is 0 Å². The van der Waals surface area contributed by atoms with E-state index in [0.29, 0.717) is 0 Å². The Kier molecular flexibility index (Phi) is 5.42. The Morgan fingerprint density at radius 2 is 1.64 bits per heavy atom. The average Bonchev–Trinajstić information content (AvgIpc) is 3.07. The van der Waals surface area contributed by atoms with Crippen LogP contribution in [0.1, 0.15) is 23.2 Å². The minimum atomic E-state index is -5.63. The maximum atomic E-state index is 14.5. The number of benzene rings is 1. The van der Waals surface area contributed by atoms with Crippen molar-refractivity contribution in [2.45, 2.75) is 30.1 Å². The molecule has 3 rings (SSSR count). The van der Waals surface area contributed by atoms with Crippen molar-refractivity contribution < 1.29 is 43.9 Å². The van der Waals surface area contributed by atoms with Gasteiger partial charge in [-0.15, -0.1) is 0 Å². The lowest BCUT2D eigenvalue weighted by molar-refractivity contribution is -0.182. The number of hydrogen-bond acceptors (Lipinski definition) is 3. The van der Waals surface area contributed by atoms with Crippen molar-refractivity contribution in [1.82, 2.24) is 14.7 Å². The van der Waals surface area contributed by atoms with Gasteiger partial charge in [-0.25, -0.2) is 27.2 Å². The van der Waals surface area contributed by atoms with Gasteiger partial charge >= 0.3 is 12.4 Å². The van der Waals surface area contributed by atoms with Gasteiger partial charge in [-0.05, 0) is 12.1 Å². The lowest BCUT2D eigenvalue weighted by atomic mass is 9.94. The molecule has 1 aliphatic rings. The van der Waals surface area contributed by atoms with E-state index in [0.717, 1.165) is 11.2 Å². The van der Waals surface area contributed by atoms with Crippen LogP contribution in [0.3, 0.4) is 0 Å². The van der Waals surface area contributed by atoms with Crippen molar-refractivity contribution >= 4 is 12.2 Å². The van der Waals surface area contributed by atoms with Gasteiger partial charge in [0, 0.05) is 20.5 Å². The normalized spacial score (nSPS) is 20.2. The van der Waals surface area contributed by atoms with E-state index >= 15 is 0 Å². The predicted molar refractivity (Wildman–Crippen MR) is 92.3 cm³/mol. The summed E-state index contributed by atoms with van der Waals surface area (Å²) >= 11 is 0. The molecule has 0 aliphatic heterocycles. The van der Waals surface area contributed by atoms with E-state index in [1.165, 1.54) is 20.2 Å². The summed E-state index contributed by atoms with van der Waals surface area (Å²) < 4.78 is 137. The quantitative estimate of drug-likeness (QED) is 0.343. The number of alkyl halides is 8. The number of aliphatic imine (C=N–C) groups is 1. The summed E-state index contributed by atoms with van der Waals surface area (Å²) in [4.78, 5) is 4.67. The summed E-state index contributed by atoms with van der Waals surface area (Å²) in [5, 5.41) is 12.6. The van der Waals surface area contributed by atoms with Crippen molar-refractivity contribution in [3.63, 3.8) is 0 Å². The molecule has 2 aromatic rings. The van der Waals surface area contributed by atoms with Crippen LogP contribution < -0.4 is 0 Å². The molecule has 0 saturated heterocycles. The van der Waals surface area contributed by atoms with Crippen LogP contribution in [0, 0.1) is 23.0 Å². The SMILES string of the molecule is CN(C)/C=N\c1c(C2(C(F)(F)F)CC2(F)F)c(C#N)nn1-c1c(F)cc(C(F)(F)F)cc1F. The van der Waals surface area contributed by atoms with Crippen molar-refractivity contribution in [3.8, 4) is 11.8 Å². The lowest BCUT2D eigenvalue weighted by Crippen LogP contribution is -2.35. The number of nitriles is 1. The van der Waals surface area contributed by atoms with Gasteiger partial charge in [0.2, 0.25) is 0 Å². The summed E-state index contributed by atoms with van der Waals surface area (Å²) in [5.74, 6) is -9.44. The summed E-state index contributed by atoms with van der Waals surface area (Å²) in [5.41, 5.74) is -9.83. The smallest absolute Gasteiger partial charge is 0.369 e. The second-order valence-corrected chi connectivity index (χ2v) is 7.35. The van der Waals surface area contributed by atoms with Crippen molar-refractivity contribution in [3.05, 3.63) is 40.6 Å². The fourth-order valence-corrected chi connectivity index (χ4v) is 3.27. The molecule has 1 aromatic carbocycles. The Labute approximate surface area is 178 Å². The predicted octanol–water partition coefficient (Wildman–Crippen LogP) is 5.10. The Morgan fingerprint density at radius 3 is 2.00 bits per heavy atom. The monoisotopic (exact) mass is 487 g/mol. The van der Waals surface area contributed by atoms with Gasteiger partial charge in [0.1, 0.15) is 11.8 Å². The maximum absolute atomic E-state index is 14.5. The third-order valence-corrected chi connectivity index (χ3v) is 4.83. The molecule has 0 spiro atoms. The Bertz CT molecular complexity index is 1150. The minimum Gasteiger partial charge on any atom is -0.369 e. The van der Waals surface area contributed by atoms with Crippen molar-refractivity contribution in [2.75, 3.05) is 14.1 Å². The molecule has 178 valence electrons. The van der Waals surface area contributed by atoms with Crippen LogP contribution >= 0.6 is 0 Å². The molecule has 0 radical (unpaired) electrons. The molecular formula is C18H11F10N5. The standard InChI is InChI=1S/C18H11F10N5/c1-32(2)7-30-14-12(15(18(26,27)28)6-16(15,21)22)11(5-29)31-33(14)13-9(19)3-8(4-10(13)20)17(23,24)25/h3-4,7H,6H2,1-2H3/b30-7-. The molecule has 0 N–H and O–H groups in total. The van der Waals surface area contributed by atoms with E-state index < -0.39 is 70.1 Å². The highest BCUT2D eigenvalue weighted by molar-refractivity contribution is 5.68. The summed E-state index contributed by atoms with van der Waals surface area (Å²) in [7, 11) is 2.64. The van der Waals surface area contributed by atoms with Crippen LogP contribution in [-0.4, -0.2) is 47.2 Å². The summed E-state index contributed by atoms with van der Waals surface area (Å²) in [6.45, 7) is 0. The van der Waals surface area contributed by atoms with E-state index in [2.05, 4.69) is 10.1 Å². The zero-order valence-corrected chi connectivity index (χ0v) is 16.5. The van der Waals surface area contributed by atoms with Crippen LogP contribution in [0.15, 0.2) is 17.1 Å². The largest absolute Gasteiger partial charge is 0.416 e. The first-order valence-electron chi connectivity index (χ1n) is 8.73. The molecule has 1 fully saturated rings. The molecule has 1 unspecified atom stereocenters. The highest BCUT2D eigenvalue weighted by Gasteiger charge is 2.86. The third-order valence-electron chi connectivity index (χ3n) is 4.83. The number of halogens is 10. The molecule has 5 nitrogen and oxygen atoms in total. The van der Waals surface area contributed by atoms with Crippen LogP contribution in [0.4, 0.5) is 49.7 Å². The Balaban J connectivity index is 2.41. The van der Waals surface area contributed by atoms with Gasteiger partial charge < -0.3 is 4.90 Å². The van der Waals surface area contributed by atoms with Gasteiger partial charge in [0.25, 0.3) is 5.92 Å². The average molecular weight is 487 g/mol. The molecule has 0 bridgehead atoms. The number of hydrogen-bond donors (Lipinski definition) is 0. The summed E-state index contributed by atoms with van der Waals surface area (Å²) in [6.07, 6.45) is -11.8. The first kappa shape index (κ1) is 24.3. The first-order chi connectivity index (χ1) is 15.0. The fraction of sp³-hybridized carbons (Fsp3) is 0.389. The molecule has 15 heteroatoms. The third kappa shape index (κ3) is 3.76. The number of aromatic nitrogens is 2. The molecule has 1 saturated carbocycles. The first-order valence-corrected chi connectivity index (χ1v) is 8.73. The zero-order chi connectivity index (χ0) is 25.1. The number of nitrogens with zero attached hydrogens (tertiary/aromatic N) is 5. The topological polar surface area (TPSA) is 57.2 Å². The van der Waals surface area contributed by atoms with Crippen LogP contribution in [-0.2, 0) is 11.6 Å². The van der Waals surface area contributed by atoms with E-state index in [1.807, 2.05) is 0 Å². The van der Waals surface area contributed by atoms with Crippen LogP contribution in [0.25, 0.3) is 5.69 Å². The molecule has 1 atom stereocenters. The Morgan fingerprint density at radius 1 is 1.12 bits per heavy atom. The van der Waals surface area contributed by atoms with Crippen molar-refractivity contribution in [2.24, 2.45) is 4.99 Å². The highest BCUT2D eigenvalue weighted by atomic mass is 19.4. The summed E-state index contributed by atoms with van der Waals surface area (Å²) in [6, 6.07) is 0.854.